The second kappa shape index (κ2) is 7.41. The van der Waals surface area contributed by atoms with Crippen LogP contribution in [0.3, 0.4) is 0 Å². The summed E-state index contributed by atoms with van der Waals surface area (Å²) in [4.78, 5) is 31.3. The predicted molar refractivity (Wildman–Crippen MR) is 80.9 cm³/mol. The summed E-state index contributed by atoms with van der Waals surface area (Å²) in [7, 11) is 0. The first-order chi connectivity index (χ1) is 10.1. The normalized spacial score (nSPS) is 14.9. The smallest absolute Gasteiger partial charge is 0.318 e. The van der Waals surface area contributed by atoms with Crippen LogP contribution >= 0.6 is 11.6 Å². The second-order valence-corrected chi connectivity index (χ2v) is 5.58. The van der Waals surface area contributed by atoms with E-state index >= 15 is 0 Å². The third kappa shape index (κ3) is 4.17. The Hall–Kier alpha value is -1.62. The summed E-state index contributed by atoms with van der Waals surface area (Å²) < 4.78 is 0. The Balaban J connectivity index is 1.89. The van der Waals surface area contributed by atoms with E-state index in [-0.39, 0.29) is 11.9 Å². The average molecular weight is 310 g/mol. The number of carbonyl (C=O) groups excluding carboxylic acids is 2. The van der Waals surface area contributed by atoms with Crippen LogP contribution in [0.5, 0.6) is 0 Å². The first-order valence-electron chi connectivity index (χ1n) is 7.31. The van der Waals surface area contributed by atoms with Gasteiger partial charge in [0.2, 0.25) is 5.91 Å². The zero-order chi connectivity index (χ0) is 15.2. The van der Waals surface area contributed by atoms with Crippen molar-refractivity contribution in [1.29, 1.82) is 0 Å². The van der Waals surface area contributed by atoms with Crippen molar-refractivity contribution in [2.24, 2.45) is 0 Å². The van der Waals surface area contributed by atoms with E-state index in [0.29, 0.717) is 31.2 Å². The number of imide groups is 1. The number of unbranched alkanes of at least 4 members (excludes halogenated alkanes) is 2. The second-order valence-electron chi connectivity index (χ2n) is 5.20. The molecule has 1 aromatic rings. The van der Waals surface area contributed by atoms with Crippen molar-refractivity contribution in [2.75, 3.05) is 13.1 Å². The third-order valence-corrected chi connectivity index (χ3v) is 3.78. The molecule has 1 aromatic heterocycles. The van der Waals surface area contributed by atoms with Crippen LogP contribution in [0, 0.1) is 0 Å². The Labute approximate surface area is 129 Å². The van der Waals surface area contributed by atoms with Gasteiger partial charge in [-0.1, -0.05) is 37.4 Å². The van der Waals surface area contributed by atoms with E-state index in [1.165, 1.54) is 4.90 Å². The Bertz CT molecular complexity index is 504. The number of carbonyl (C=O) groups is 2. The number of hydrogen-bond acceptors (Lipinski definition) is 3. The number of aromatic nitrogens is 1. The molecule has 0 N–H and O–H groups in total. The first kappa shape index (κ1) is 15.8. The summed E-state index contributed by atoms with van der Waals surface area (Å²) >= 11 is 5.74. The number of hydrogen-bond donors (Lipinski definition) is 0. The van der Waals surface area contributed by atoms with Crippen LogP contribution in [0.25, 0.3) is 0 Å². The minimum Gasteiger partial charge on any atom is -0.318 e. The van der Waals surface area contributed by atoms with Crippen molar-refractivity contribution in [3.05, 3.63) is 29.0 Å². The van der Waals surface area contributed by atoms with Gasteiger partial charge in [0.05, 0.1) is 0 Å². The number of urea groups is 1. The topological polar surface area (TPSA) is 53.5 Å². The van der Waals surface area contributed by atoms with Crippen molar-refractivity contribution < 1.29 is 9.59 Å². The maximum Gasteiger partial charge on any atom is 0.327 e. The summed E-state index contributed by atoms with van der Waals surface area (Å²) in [5, 5.41) is 0.430. The molecule has 0 saturated carbocycles. The molecule has 1 aliphatic rings. The van der Waals surface area contributed by atoms with Gasteiger partial charge in [-0.05, 0) is 18.1 Å². The minimum atomic E-state index is -0.202. The van der Waals surface area contributed by atoms with Crippen LogP contribution in [0.2, 0.25) is 5.15 Å². The molecule has 5 nitrogen and oxygen atoms in total. The lowest BCUT2D eigenvalue weighted by molar-refractivity contribution is -0.127. The Kier molecular flexibility index (Phi) is 5.56. The van der Waals surface area contributed by atoms with Crippen LogP contribution in [-0.4, -0.2) is 39.8 Å². The van der Waals surface area contributed by atoms with Crippen molar-refractivity contribution in [3.63, 3.8) is 0 Å². The molecule has 0 bridgehead atoms. The van der Waals surface area contributed by atoms with Gasteiger partial charge < -0.3 is 4.90 Å². The van der Waals surface area contributed by atoms with E-state index < -0.39 is 0 Å². The molecule has 0 atom stereocenters. The molecule has 0 spiro atoms. The van der Waals surface area contributed by atoms with Gasteiger partial charge in [-0.2, -0.15) is 0 Å². The molecule has 1 fully saturated rings. The van der Waals surface area contributed by atoms with E-state index in [4.69, 9.17) is 11.6 Å². The van der Waals surface area contributed by atoms with Gasteiger partial charge in [0, 0.05) is 32.3 Å². The average Bonchev–Trinajstić information content (AvgIpc) is 2.83. The molecule has 21 heavy (non-hydrogen) atoms. The van der Waals surface area contributed by atoms with Crippen LogP contribution in [0.4, 0.5) is 4.79 Å². The predicted octanol–water partition coefficient (Wildman–Crippen LogP) is 3.08. The van der Waals surface area contributed by atoms with Crippen LogP contribution < -0.4 is 0 Å². The molecule has 2 heterocycles. The minimum absolute atomic E-state index is 0.0646. The van der Waals surface area contributed by atoms with E-state index in [0.717, 1.165) is 24.8 Å². The van der Waals surface area contributed by atoms with Gasteiger partial charge in [-0.15, -0.1) is 0 Å². The summed E-state index contributed by atoms with van der Waals surface area (Å²) in [5.74, 6) is -0.0646. The van der Waals surface area contributed by atoms with Crippen molar-refractivity contribution >= 4 is 23.5 Å². The van der Waals surface area contributed by atoms with E-state index in [2.05, 4.69) is 11.9 Å². The molecule has 0 aromatic carbocycles. The molecule has 6 heteroatoms. The molecule has 2 rings (SSSR count). The van der Waals surface area contributed by atoms with E-state index in [1.54, 1.807) is 17.2 Å². The fraction of sp³-hybridized carbons (Fsp3) is 0.533. The molecule has 0 radical (unpaired) electrons. The lowest BCUT2D eigenvalue weighted by Crippen LogP contribution is -2.35. The number of pyridine rings is 1. The van der Waals surface area contributed by atoms with E-state index in [9.17, 15) is 9.59 Å². The quantitative estimate of drug-likeness (QED) is 0.599. The van der Waals surface area contributed by atoms with Crippen molar-refractivity contribution in [3.8, 4) is 0 Å². The Morgan fingerprint density at radius 2 is 2.14 bits per heavy atom. The fourth-order valence-electron chi connectivity index (χ4n) is 2.34. The molecular formula is C15H20ClN3O2. The molecular weight excluding hydrogens is 290 g/mol. The van der Waals surface area contributed by atoms with Gasteiger partial charge in [-0.25, -0.2) is 9.78 Å². The van der Waals surface area contributed by atoms with Gasteiger partial charge in [0.25, 0.3) is 0 Å². The zero-order valence-electron chi connectivity index (χ0n) is 12.2. The standard InChI is InChI=1S/C15H20ClN3O2/c1-2-3-4-5-14(20)19-9-8-18(15(19)21)11-12-6-7-13(16)17-10-12/h6-7,10H,2-5,8-9,11H2,1H3. The van der Waals surface area contributed by atoms with Crippen LogP contribution in [-0.2, 0) is 11.3 Å². The third-order valence-electron chi connectivity index (χ3n) is 3.55. The summed E-state index contributed by atoms with van der Waals surface area (Å²) in [6, 6.07) is 3.34. The molecule has 1 aliphatic heterocycles. The van der Waals surface area contributed by atoms with Gasteiger partial charge >= 0.3 is 6.03 Å². The number of rotatable bonds is 6. The lowest BCUT2D eigenvalue weighted by Gasteiger charge is -2.17. The number of halogens is 1. The highest BCUT2D eigenvalue weighted by atomic mass is 35.5. The van der Waals surface area contributed by atoms with Gasteiger partial charge in [0.1, 0.15) is 5.15 Å². The highest BCUT2D eigenvalue weighted by Crippen LogP contribution is 2.16. The molecule has 0 aliphatic carbocycles. The monoisotopic (exact) mass is 309 g/mol. The van der Waals surface area contributed by atoms with Crippen LogP contribution in [0.15, 0.2) is 18.3 Å². The highest BCUT2D eigenvalue weighted by Gasteiger charge is 2.32. The molecule has 1 saturated heterocycles. The maximum atomic E-state index is 12.2. The van der Waals surface area contributed by atoms with Gasteiger partial charge in [-0.3, -0.25) is 9.69 Å². The van der Waals surface area contributed by atoms with Crippen molar-refractivity contribution in [2.45, 2.75) is 39.2 Å². The maximum absolute atomic E-state index is 12.2. The Morgan fingerprint density at radius 1 is 1.33 bits per heavy atom. The molecule has 114 valence electrons. The lowest BCUT2D eigenvalue weighted by atomic mass is 10.2. The molecule has 3 amide bonds. The SMILES string of the molecule is CCCCCC(=O)N1CCN(Cc2ccc(Cl)nc2)C1=O. The first-order valence-corrected chi connectivity index (χ1v) is 7.69. The highest BCUT2D eigenvalue weighted by molar-refractivity contribution is 6.29. The Morgan fingerprint density at radius 3 is 2.81 bits per heavy atom. The number of nitrogens with zero attached hydrogens (tertiary/aromatic N) is 3. The van der Waals surface area contributed by atoms with Gasteiger partial charge in [0.15, 0.2) is 0 Å². The van der Waals surface area contributed by atoms with E-state index in [1.807, 2.05) is 6.07 Å². The van der Waals surface area contributed by atoms with Crippen LogP contribution in [0.1, 0.15) is 38.2 Å². The summed E-state index contributed by atoms with van der Waals surface area (Å²) in [6.07, 6.45) is 5.04. The fourth-order valence-corrected chi connectivity index (χ4v) is 2.45. The zero-order valence-corrected chi connectivity index (χ0v) is 13.0. The van der Waals surface area contributed by atoms with Crippen molar-refractivity contribution in [1.82, 2.24) is 14.8 Å². The summed E-state index contributed by atoms with van der Waals surface area (Å²) in [5.41, 5.74) is 0.910. The summed E-state index contributed by atoms with van der Waals surface area (Å²) in [6.45, 7) is 3.60. The largest absolute Gasteiger partial charge is 0.327 e. The molecule has 0 unspecified atom stereocenters. The number of amides is 3.